The zero-order valence-electron chi connectivity index (χ0n) is 20.4. The second-order valence-electron chi connectivity index (χ2n) is 8.07. The molecular formula is C24H29Cl2N3O6. The number of hydrogen-bond donors (Lipinski definition) is 1. The van der Waals surface area contributed by atoms with E-state index in [0.717, 1.165) is 0 Å². The largest absolute Gasteiger partial charge is 0.493 e. The average molecular weight is 526 g/mol. The van der Waals surface area contributed by atoms with Crippen molar-refractivity contribution in [3.63, 3.8) is 0 Å². The molecule has 0 spiro atoms. The number of esters is 2. The number of nitrogens with zero attached hydrogens (tertiary/aromatic N) is 2. The standard InChI is InChI=1S/C24H29Cl2N3O6/c1-7-12(2)23(31)35-21-18(33-6)8-9-27-20(21)22(30)29-14(4)24(32)34-15(5)13(3)19-17(26)10-16(25)11-28-19/h8-15H,7H2,1-6H3,(H,29,30)/t12?,13?,14?,15-/m0/s1. The molecule has 2 aromatic rings. The first-order chi connectivity index (χ1) is 16.5. The molecule has 3 unspecified atom stereocenters. The minimum Gasteiger partial charge on any atom is -0.493 e. The summed E-state index contributed by atoms with van der Waals surface area (Å²) < 4.78 is 16.2. The number of carbonyl (C=O) groups excluding carboxylic acids is 3. The molecule has 1 N–H and O–H groups in total. The third-order valence-corrected chi connectivity index (χ3v) is 6.01. The second kappa shape index (κ2) is 12.7. The lowest BCUT2D eigenvalue weighted by Crippen LogP contribution is -2.41. The van der Waals surface area contributed by atoms with Crippen molar-refractivity contribution in [2.75, 3.05) is 7.11 Å². The van der Waals surface area contributed by atoms with Gasteiger partial charge in [0.2, 0.25) is 5.75 Å². The van der Waals surface area contributed by atoms with Crippen LogP contribution in [-0.2, 0) is 14.3 Å². The first-order valence-corrected chi connectivity index (χ1v) is 11.8. The summed E-state index contributed by atoms with van der Waals surface area (Å²) in [6, 6.07) is 2.00. The number of rotatable bonds is 10. The summed E-state index contributed by atoms with van der Waals surface area (Å²) in [6.45, 7) is 8.52. The molecule has 9 nitrogen and oxygen atoms in total. The zero-order valence-corrected chi connectivity index (χ0v) is 21.9. The number of pyridine rings is 2. The number of methoxy groups -OCH3 is 1. The molecule has 0 saturated carbocycles. The van der Waals surface area contributed by atoms with Crippen LogP contribution >= 0.6 is 23.2 Å². The molecule has 0 aliphatic heterocycles. The minimum absolute atomic E-state index is 0.121. The van der Waals surface area contributed by atoms with Crippen molar-refractivity contribution in [1.82, 2.24) is 15.3 Å². The maximum absolute atomic E-state index is 12.9. The van der Waals surface area contributed by atoms with E-state index < -0.39 is 35.9 Å². The first kappa shape index (κ1) is 28.3. The quantitative estimate of drug-likeness (QED) is 0.447. The number of halogens is 2. The van der Waals surface area contributed by atoms with Crippen LogP contribution in [-0.4, -0.2) is 47.1 Å². The van der Waals surface area contributed by atoms with E-state index in [4.69, 9.17) is 37.4 Å². The molecular weight excluding hydrogens is 497 g/mol. The number of amides is 1. The summed E-state index contributed by atoms with van der Waals surface area (Å²) >= 11 is 12.1. The fourth-order valence-electron chi connectivity index (χ4n) is 2.91. The predicted molar refractivity (Wildman–Crippen MR) is 131 cm³/mol. The van der Waals surface area contributed by atoms with Gasteiger partial charge in [0, 0.05) is 24.4 Å². The fourth-order valence-corrected chi connectivity index (χ4v) is 3.47. The van der Waals surface area contributed by atoms with E-state index in [1.807, 2.05) is 6.92 Å². The van der Waals surface area contributed by atoms with Crippen molar-refractivity contribution >= 4 is 41.0 Å². The summed E-state index contributed by atoms with van der Waals surface area (Å²) in [5.74, 6) is -2.63. The Morgan fingerprint density at radius 2 is 1.77 bits per heavy atom. The highest BCUT2D eigenvalue weighted by molar-refractivity contribution is 6.34. The van der Waals surface area contributed by atoms with Crippen LogP contribution in [0.4, 0.5) is 0 Å². The van der Waals surface area contributed by atoms with Gasteiger partial charge in [-0.15, -0.1) is 0 Å². The van der Waals surface area contributed by atoms with Crippen molar-refractivity contribution in [1.29, 1.82) is 0 Å². The van der Waals surface area contributed by atoms with Gasteiger partial charge in [-0.3, -0.25) is 14.6 Å². The van der Waals surface area contributed by atoms with Gasteiger partial charge >= 0.3 is 11.9 Å². The van der Waals surface area contributed by atoms with Crippen LogP contribution < -0.4 is 14.8 Å². The van der Waals surface area contributed by atoms with Gasteiger partial charge in [-0.05, 0) is 26.3 Å². The molecule has 0 aliphatic carbocycles. The zero-order chi connectivity index (χ0) is 26.3. The van der Waals surface area contributed by atoms with Gasteiger partial charge in [-0.2, -0.15) is 0 Å². The number of hydrogen-bond acceptors (Lipinski definition) is 8. The normalized spacial score (nSPS) is 14.3. The number of carbonyl (C=O) groups is 3. The van der Waals surface area contributed by atoms with Gasteiger partial charge in [-0.25, -0.2) is 9.78 Å². The molecule has 0 saturated heterocycles. The van der Waals surface area contributed by atoms with Gasteiger partial charge in [-0.1, -0.05) is 44.0 Å². The van der Waals surface area contributed by atoms with Crippen LogP contribution in [0.1, 0.15) is 63.1 Å². The number of ether oxygens (including phenoxy) is 3. The van der Waals surface area contributed by atoms with E-state index in [9.17, 15) is 14.4 Å². The van der Waals surface area contributed by atoms with Gasteiger partial charge in [0.25, 0.3) is 5.91 Å². The summed E-state index contributed by atoms with van der Waals surface area (Å²) in [5, 5.41) is 3.28. The molecule has 190 valence electrons. The molecule has 2 heterocycles. The highest BCUT2D eigenvalue weighted by Crippen LogP contribution is 2.31. The molecule has 2 rings (SSSR count). The Labute approximate surface area is 214 Å². The first-order valence-electron chi connectivity index (χ1n) is 11.1. The molecule has 35 heavy (non-hydrogen) atoms. The van der Waals surface area contributed by atoms with Crippen LogP contribution in [0.25, 0.3) is 0 Å². The Bertz CT molecular complexity index is 1080. The van der Waals surface area contributed by atoms with E-state index in [0.29, 0.717) is 22.2 Å². The van der Waals surface area contributed by atoms with E-state index >= 15 is 0 Å². The summed E-state index contributed by atoms with van der Waals surface area (Å²) in [5.41, 5.74) is 0.334. The van der Waals surface area contributed by atoms with E-state index in [1.165, 1.54) is 32.5 Å². The van der Waals surface area contributed by atoms with Crippen LogP contribution in [0.2, 0.25) is 10.0 Å². The van der Waals surface area contributed by atoms with Gasteiger partial charge in [0.15, 0.2) is 11.4 Å². The Morgan fingerprint density at radius 3 is 2.37 bits per heavy atom. The molecule has 0 aliphatic rings. The highest BCUT2D eigenvalue weighted by Gasteiger charge is 2.28. The SMILES string of the molecule is CCC(C)C(=O)Oc1c(OC)ccnc1C(=O)NC(C)C(=O)O[C@@H](C)C(C)c1ncc(Cl)cc1Cl. The maximum Gasteiger partial charge on any atom is 0.328 e. The molecule has 4 atom stereocenters. The lowest BCUT2D eigenvalue weighted by molar-refractivity contribution is -0.151. The number of aromatic nitrogens is 2. The Balaban J connectivity index is 2.12. The lowest BCUT2D eigenvalue weighted by atomic mass is 10.0. The molecule has 0 bridgehead atoms. The van der Waals surface area contributed by atoms with Gasteiger partial charge in [0.05, 0.1) is 28.8 Å². The van der Waals surface area contributed by atoms with Gasteiger partial charge < -0.3 is 19.5 Å². The van der Waals surface area contributed by atoms with Crippen LogP contribution in [0, 0.1) is 5.92 Å². The summed E-state index contributed by atoms with van der Waals surface area (Å²) in [7, 11) is 1.38. The molecule has 2 aromatic heterocycles. The van der Waals surface area contributed by atoms with E-state index in [1.54, 1.807) is 26.8 Å². The molecule has 11 heteroatoms. The van der Waals surface area contributed by atoms with Crippen molar-refractivity contribution < 1.29 is 28.6 Å². The van der Waals surface area contributed by atoms with Crippen LogP contribution in [0.15, 0.2) is 24.5 Å². The third-order valence-electron chi connectivity index (χ3n) is 5.50. The molecule has 0 fully saturated rings. The molecule has 0 aromatic carbocycles. The average Bonchev–Trinajstić information content (AvgIpc) is 2.82. The highest BCUT2D eigenvalue weighted by atomic mass is 35.5. The van der Waals surface area contributed by atoms with E-state index in [2.05, 4.69) is 15.3 Å². The van der Waals surface area contributed by atoms with Crippen molar-refractivity contribution in [3.8, 4) is 11.5 Å². The second-order valence-corrected chi connectivity index (χ2v) is 8.91. The van der Waals surface area contributed by atoms with Crippen LogP contribution in [0.3, 0.4) is 0 Å². The minimum atomic E-state index is -1.03. The van der Waals surface area contributed by atoms with E-state index in [-0.39, 0.29) is 23.1 Å². The topological polar surface area (TPSA) is 117 Å². The molecule has 1 amide bonds. The fraction of sp³-hybridized carbons (Fsp3) is 0.458. The van der Waals surface area contributed by atoms with Crippen molar-refractivity contribution in [3.05, 3.63) is 46.0 Å². The maximum atomic E-state index is 12.9. The summed E-state index contributed by atoms with van der Waals surface area (Å²) in [6.07, 6.45) is 2.75. The molecule has 0 radical (unpaired) electrons. The van der Waals surface area contributed by atoms with Crippen molar-refractivity contribution in [2.45, 2.75) is 59.1 Å². The van der Waals surface area contributed by atoms with Crippen molar-refractivity contribution in [2.24, 2.45) is 5.92 Å². The smallest absolute Gasteiger partial charge is 0.328 e. The van der Waals surface area contributed by atoms with Crippen LogP contribution in [0.5, 0.6) is 11.5 Å². The Hall–Kier alpha value is -2.91. The Kier molecular flexibility index (Phi) is 10.3. The lowest BCUT2D eigenvalue weighted by Gasteiger charge is -2.23. The summed E-state index contributed by atoms with van der Waals surface area (Å²) in [4.78, 5) is 46.2. The number of nitrogens with one attached hydrogen (secondary N) is 1. The monoisotopic (exact) mass is 525 g/mol. The van der Waals surface area contributed by atoms with Gasteiger partial charge in [0.1, 0.15) is 12.1 Å². The predicted octanol–water partition coefficient (Wildman–Crippen LogP) is 4.60. The third kappa shape index (κ3) is 7.29. The Morgan fingerprint density at radius 1 is 1.09 bits per heavy atom.